The molecule has 1 aliphatic carbocycles. The molecule has 4 rings (SSSR count). The molecule has 0 amide bonds. The number of ketones is 1. The minimum atomic E-state index is -4.09. The number of fused-ring (bicyclic) bond motifs is 1. The Hall–Kier alpha value is -2.53. The summed E-state index contributed by atoms with van der Waals surface area (Å²) in [5, 5.41) is 10.2. The Morgan fingerprint density at radius 3 is 2.81 bits per heavy atom. The largest absolute Gasteiger partial charge is 0.396 e. The van der Waals surface area contributed by atoms with Crippen molar-refractivity contribution in [3.63, 3.8) is 0 Å². The normalized spacial score (nSPS) is 15.4. The monoisotopic (exact) mass is 466 g/mol. The molecular formula is C20H20ClFN4O4S. The van der Waals surface area contributed by atoms with E-state index in [0.717, 1.165) is 17.1 Å². The van der Waals surface area contributed by atoms with Crippen LogP contribution in [0.4, 0.5) is 10.1 Å². The molecule has 2 aromatic heterocycles. The van der Waals surface area contributed by atoms with Gasteiger partial charge in [-0.1, -0.05) is 17.7 Å². The van der Waals surface area contributed by atoms with Crippen LogP contribution in [0, 0.1) is 11.2 Å². The van der Waals surface area contributed by atoms with Crippen molar-refractivity contribution in [2.75, 3.05) is 24.9 Å². The van der Waals surface area contributed by atoms with Crippen molar-refractivity contribution in [2.24, 2.45) is 5.41 Å². The fourth-order valence-electron chi connectivity index (χ4n) is 3.41. The molecule has 2 heterocycles. The third-order valence-corrected chi connectivity index (χ3v) is 7.12. The molecule has 31 heavy (non-hydrogen) atoms. The molecule has 164 valence electrons. The van der Waals surface area contributed by atoms with Crippen LogP contribution in [0.1, 0.15) is 28.8 Å². The number of rotatable bonds is 8. The highest BCUT2D eigenvalue weighted by atomic mass is 35.5. The predicted molar refractivity (Wildman–Crippen MR) is 115 cm³/mol. The minimum absolute atomic E-state index is 0.113. The van der Waals surface area contributed by atoms with E-state index >= 15 is 4.39 Å². The third-order valence-electron chi connectivity index (χ3n) is 5.49. The van der Waals surface area contributed by atoms with E-state index in [4.69, 9.17) is 11.6 Å². The average molecular weight is 467 g/mol. The number of hydrogen-bond acceptors (Lipinski definition) is 5. The second-order valence-corrected chi connectivity index (χ2v) is 9.98. The van der Waals surface area contributed by atoms with Crippen molar-refractivity contribution >= 4 is 44.3 Å². The molecule has 1 fully saturated rings. The number of halogens is 2. The van der Waals surface area contributed by atoms with Crippen molar-refractivity contribution in [3.05, 3.63) is 58.6 Å². The predicted octanol–water partition coefficient (Wildman–Crippen LogP) is 2.95. The summed E-state index contributed by atoms with van der Waals surface area (Å²) >= 11 is 5.96. The molecule has 8 nitrogen and oxygen atoms in total. The van der Waals surface area contributed by atoms with E-state index in [0.29, 0.717) is 16.1 Å². The Bertz CT molecular complexity index is 1270. The van der Waals surface area contributed by atoms with Crippen molar-refractivity contribution < 1.29 is 22.7 Å². The Morgan fingerprint density at radius 2 is 2.13 bits per heavy atom. The van der Waals surface area contributed by atoms with Crippen molar-refractivity contribution in [3.8, 4) is 0 Å². The zero-order chi connectivity index (χ0) is 22.4. The van der Waals surface area contributed by atoms with Crippen LogP contribution in [-0.4, -0.2) is 53.8 Å². The number of aliphatic hydroxyl groups excluding tert-OH is 1. The highest BCUT2D eigenvalue weighted by Gasteiger charge is 2.44. The van der Waals surface area contributed by atoms with Crippen molar-refractivity contribution in [1.29, 1.82) is 0 Å². The number of carbonyl (C=O) groups excluding carboxylic acids is 1. The summed E-state index contributed by atoms with van der Waals surface area (Å²) in [6.07, 6.45) is 4.28. The lowest BCUT2D eigenvalue weighted by Crippen LogP contribution is -2.38. The first-order valence-electron chi connectivity index (χ1n) is 9.47. The van der Waals surface area contributed by atoms with Crippen molar-refractivity contribution in [2.45, 2.75) is 12.8 Å². The van der Waals surface area contributed by atoms with Crippen LogP contribution in [0.2, 0.25) is 5.02 Å². The van der Waals surface area contributed by atoms with Crippen LogP contribution in [0.25, 0.3) is 11.0 Å². The summed E-state index contributed by atoms with van der Waals surface area (Å²) in [6.45, 7) is -0.00310. The van der Waals surface area contributed by atoms with E-state index < -0.39 is 27.2 Å². The fourth-order valence-corrected chi connectivity index (χ4v) is 4.61. The second-order valence-electron chi connectivity index (χ2n) is 7.77. The molecule has 0 unspecified atom stereocenters. The van der Waals surface area contributed by atoms with Crippen LogP contribution >= 0.6 is 11.6 Å². The number of anilines is 1. The van der Waals surface area contributed by atoms with Crippen molar-refractivity contribution in [1.82, 2.24) is 14.3 Å². The summed E-state index contributed by atoms with van der Waals surface area (Å²) < 4.78 is 43.7. The van der Waals surface area contributed by atoms with Gasteiger partial charge in [-0.25, -0.2) is 9.37 Å². The summed E-state index contributed by atoms with van der Waals surface area (Å²) in [6, 6.07) is 5.46. The van der Waals surface area contributed by atoms with Gasteiger partial charge in [-0.2, -0.15) is 12.7 Å². The Kier molecular flexibility index (Phi) is 5.50. The molecule has 11 heteroatoms. The number of aromatic nitrogens is 2. The molecule has 0 radical (unpaired) electrons. The number of pyridine rings is 1. The van der Waals surface area contributed by atoms with Gasteiger partial charge < -0.3 is 10.1 Å². The van der Waals surface area contributed by atoms with Crippen LogP contribution in [-0.2, 0) is 10.2 Å². The summed E-state index contributed by atoms with van der Waals surface area (Å²) in [5.74, 6) is -1.63. The van der Waals surface area contributed by atoms with Gasteiger partial charge in [-0.3, -0.25) is 9.52 Å². The molecule has 0 aliphatic heterocycles. The molecule has 0 saturated heterocycles. The number of aromatic amines is 1. The maximum atomic E-state index is 15.1. The number of H-pyrrole nitrogens is 1. The molecule has 0 bridgehead atoms. The van der Waals surface area contributed by atoms with E-state index in [2.05, 4.69) is 14.7 Å². The van der Waals surface area contributed by atoms with Gasteiger partial charge in [0.2, 0.25) is 0 Å². The van der Waals surface area contributed by atoms with E-state index in [1.54, 1.807) is 6.07 Å². The number of aliphatic hydroxyl groups is 1. The Balaban J connectivity index is 1.62. The van der Waals surface area contributed by atoms with Gasteiger partial charge in [0.15, 0.2) is 11.6 Å². The lowest BCUT2D eigenvalue weighted by atomic mass is 10.0. The summed E-state index contributed by atoms with van der Waals surface area (Å²) in [7, 11) is -2.73. The highest BCUT2D eigenvalue weighted by Crippen LogP contribution is 2.45. The molecular weight excluding hydrogens is 447 g/mol. The number of nitrogens with one attached hydrogen (secondary N) is 2. The first-order valence-corrected chi connectivity index (χ1v) is 11.3. The summed E-state index contributed by atoms with van der Waals surface area (Å²) in [5.41, 5.74) is -0.491. The number of carbonyl (C=O) groups is 1. The van der Waals surface area contributed by atoms with Crippen LogP contribution in [0.15, 0.2) is 36.7 Å². The number of nitrogens with zero attached hydrogens (tertiary/aromatic N) is 2. The third kappa shape index (κ3) is 4.16. The molecule has 3 N–H and O–H groups in total. The van der Waals surface area contributed by atoms with Crippen LogP contribution < -0.4 is 4.72 Å². The fraction of sp³-hybridized carbons (Fsp3) is 0.300. The van der Waals surface area contributed by atoms with Crippen LogP contribution in [0.5, 0.6) is 0 Å². The Labute approximate surface area is 183 Å². The molecule has 1 aliphatic rings. The zero-order valence-corrected chi connectivity index (χ0v) is 18.1. The number of benzene rings is 1. The molecule has 3 aromatic rings. The summed E-state index contributed by atoms with van der Waals surface area (Å²) in [4.78, 5) is 19.9. The maximum Gasteiger partial charge on any atom is 0.301 e. The van der Waals surface area contributed by atoms with Gasteiger partial charge in [0, 0.05) is 49.0 Å². The van der Waals surface area contributed by atoms with Crippen LogP contribution in [0.3, 0.4) is 0 Å². The zero-order valence-electron chi connectivity index (χ0n) is 16.5. The van der Waals surface area contributed by atoms with Gasteiger partial charge >= 0.3 is 10.2 Å². The van der Waals surface area contributed by atoms with Gasteiger partial charge in [-0.05, 0) is 31.0 Å². The number of hydrogen-bond donors (Lipinski definition) is 3. The lowest BCUT2D eigenvalue weighted by Gasteiger charge is -2.23. The molecule has 0 atom stereocenters. The van der Waals surface area contributed by atoms with Gasteiger partial charge in [0.1, 0.15) is 5.65 Å². The minimum Gasteiger partial charge on any atom is -0.396 e. The lowest BCUT2D eigenvalue weighted by molar-refractivity contribution is 0.103. The van der Waals surface area contributed by atoms with Gasteiger partial charge in [-0.15, -0.1) is 0 Å². The molecule has 1 aromatic carbocycles. The van der Waals surface area contributed by atoms with E-state index in [-0.39, 0.29) is 30.0 Å². The maximum absolute atomic E-state index is 15.1. The quantitative estimate of drug-likeness (QED) is 0.441. The first kappa shape index (κ1) is 21.7. The standard InChI is InChI=1S/C20H20ClFN4O4S/c1-26(10-20(11-27)5-6-20)31(29,30)25-16-4-2-3-13(17(16)22)18(28)15-9-24-19-14(15)7-12(21)8-23-19/h2-4,7-9,25,27H,5-6,10-11H2,1H3,(H,23,24). The van der Waals surface area contributed by atoms with E-state index in [9.17, 15) is 18.3 Å². The average Bonchev–Trinajstić information content (AvgIpc) is 3.38. The highest BCUT2D eigenvalue weighted by molar-refractivity contribution is 7.90. The molecule has 0 spiro atoms. The van der Waals surface area contributed by atoms with E-state index in [1.165, 1.54) is 37.6 Å². The smallest absolute Gasteiger partial charge is 0.301 e. The van der Waals surface area contributed by atoms with E-state index in [1.807, 2.05) is 0 Å². The topological polar surface area (TPSA) is 115 Å². The molecule has 1 saturated carbocycles. The second kappa shape index (κ2) is 7.86. The van der Waals surface area contributed by atoms with Gasteiger partial charge in [0.25, 0.3) is 0 Å². The SMILES string of the molecule is CN(CC1(CO)CC1)S(=O)(=O)Nc1cccc(C(=O)c2c[nH]c3ncc(Cl)cc23)c1F. The van der Waals surface area contributed by atoms with Gasteiger partial charge in [0.05, 0.1) is 16.3 Å². The first-order chi connectivity index (χ1) is 14.7. The Morgan fingerprint density at radius 1 is 1.39 bits per heavy atom.